The number of hydrogen-bond donors (Lipinski definition) is 2. The maximum atomic E-state index is 12.3. The third-order valence-corrected chi connectivity index (χ3v) is 6.38. The van der Waals surface area contributed by atoms with Gasteiger partial charge in [0.05, 0.1) is 0 Å². The van der Waals surface area contributed by atoms with E-state index in [1.807, 2.05) is 11.8 Å². The second-order valence-corrected chi connectivity index (χ2v) is 8.04. The molecule has 0 saturated carbocycles. The van der Waals surface area contributed by atoms with Gasteiger partial charge in [-0.2, -0.15) is 29.2 Å². The standard InChI is InChI=1S/C11H23N3O2S2/c12-8-10-2-1-5-14(9-10)18(15,16)13-11-3-6-17-7-4-11/h10-11,13H,1-9,12H2. The van der Waals surface area contributed by atoms with Gasteiger partial charge in [0, 0.05) is 19.1 Å². The second-order valence-electron chi connectivity index (χ2n) is 5.11. The molecule has 0 aromatic heterocycles. The van der Waals surface area contributed by atoms with Gasteiger partial charge in [0.1, 0.15) is 0 Å². The fourth-order valence-corrected chi connectivity index (χ4v) is 5.23. The molecule has 0 aromatic rings. The average Bonchev–Trinajstić information content (AvgIpc) is 2.39. The van der Waals surface area contributed by atoms with Crippen LogP contribution in [0.25, 0.3) is 0 Å². The molecule has 0 radical (unpaired) electrons. The third-order valence-electron chi connectivity index (χ3n) is 3.69. The zero-order valence-corrected chi connectivity index (χ0v) is 12.3. The number of thioether (sulfide) groups is 1. The van der Waals surface area contributed by atoms with Crippen molar-refractivity contribution in [3.05, 3.63) is 0 Å². The first-order valence-corrected chi connectivity index (χ1v) is 9.26. The lowest BCUT2D eigenvalue weighted by molar-refractivity contribution is 0.267. The van der Waals surface area contributed by atoms with E-state index in [0.29, 0.717) is 25.6 Å². The van der Waals surface area contributed by atoms with Gasteiger partial charge in [-0.15, -0.1) is 0 Å². The van der Waals surface area contributed by atoms with Crippen LogP contribution < -0.4 is 10.5 Å². The van der Waals surface area contributed by atoms with Gasteiger partial charge in [-0.25, -0.2) is 0 Å². The molecule has 7 heteroatoms. The molecule has 1 atom stereocenters. The largest absolute Gasteiger partial charge is 0.330 e. The van der Waals surface area contributed by atoms with Gasteiger partial charge in [0.2, 0.25) is 0 Å². The van der Waals surface area contributed by atoms with Crippen LogP contribution in [0.2, 0.25) is 0 Å². The molecule has 2 heterocycles. The van der Waals surface area contributed by atoms with E-state index in [2.05, 4.69) is 4.72 Å². The summed E-state index contributed by atoms with van der Waals surface area (Å²) in [5.41, 5.74) is 5.65. The molecule has 3 N–H and O–H groups in total. The minimum Gasteiger partial charge on any atom is -0.330 e. The molecule has 0 bridgehead atoms. The van der Waals surface area contributed by atoms with E-state index in [-0.39, 0.29) is 6.04 Å². The molecule has 18 heavy (non-hydrogen) atoms. The van der Waals surface area contributed by atoms with Crippen LogP contribution in [-0.4, -0.2) is 49.9 Å². The van der Waals surface area contributed by atoms with E-state index in [4.69, 9.17) is 5.73 Å². The molecule has 0 spiro atoms. The monoisotopic (exact) mass is 293 g/mol. The van der Waals surface area contributed by atoms with Crippen LogP contribution in [0.4, 0.5) is 0 Å². The Kier molecular flexibility index (Phi) is 5.32. The lowest BCUT2D eigenvalue weighted by atomic mass is 10.0. The van der Waals surface area contributed by atoms with E-state index < -0.39 is 10.2 Å². The first-order valence-electron chi connectivity index (χ1n) is 6.67. The maximum absolute atomic E-state index is 12.3. The molecule has 0 aromatic carbocycles. The highest BCUT2D eigenvalue weighted by atomic mass is 32.2. The summed E-state index contributed by atoms with van der Waals surface area (Å²) in [4.78, 5) is 0. The Bertz CT molecular complexity index is 355. The highest BCUT2D eigenvalue weighted by molar-refractivity contribution is 7.99. The Morgan fingerprint density at radius 1 is 1.28 bits per heavy atom. The summed E-state index contributed by atoms with van der Waals surface area (Å²) in [5.74, 6) is 2.43. The van der Waals surface area contributed by atoms with Gasteiger partial charge in [0.25, 0.3) is 10.2 Å². The zero-order chi connectivity index (χ0) is 13.0. The van der Waals surface area contributed by atoms with Gasteiger partial charge >= 0.3 is 0 Å². The van der Waals surface area contributed by atoms with Crippen molar-refractivity contribution in [1.82, 2.24) is 9.03 Å². The summed E-state index contributed by atoms with van der Waals surface area (Å²) < 4.78 is 29.0. The molecular weight excluding hydrogens is 270 g/mol. The van der Waals surface area contributed by atoms with Crippen molar-refractivity contribution in [3.63, 3.8) is 0 Å². The summed E-state index contributed by atoms with van der Waals surface area (Å²) in [6, 6.07) is 0.120. The maximum Gasteiger partial charge on any atom is 0.279 e. The van der Waals surface area contributed by atoms with Crippen molar-refractivity contribution in [2.45, 2.75) is 31.7 Å². The Hall–Kier alpha value is 0.180. The van der Waals surface area contributed by atoms with Crippen molar-refractivity contribution in [2.75, 3.05) is 31.1 Å². The second kappa shape index (κ2) is 6.56. The number of nitrogens with one attached hydrogen (secondary N) is 1. The molecule has 2 saturated heterocycles. The van der Waals surface area contributed by atoms with Crippen LogP contribution in [0.3, 0.4) is 0 Å². The van der Waals surface area contributed by atoms with Crippen LogP contribution in [0.5, 0.6) is 0 Å². The van der Waals surface area contributed by atoms with Crippen molar-refractivity contribution >= 4 is 22.0 Å². The number of nitrogens with two attached hydrogens (primary N) is 1. The van der Waals surface area contributed by atoms with Crippen molar-refractivity contribution in [1.29, 1.82) is 0 Å². The summed E-state index contributed by atoms with van der Waals surface area (Å²) in [5, 5.41) is 0. The SMILES string of the molecule is NCC1CCCN(S(=O)(=O)NC2CCSCC2)C1. The molecule has 5 nitrogen and oxygen atoms in total. The number of rotatable bonds is 4. The Morgan fingerprint density at radius 2 is 2.00 bits per heavy atom. The van der Waals surface area contributed by atoms with Gasteiger partial charge in [-0.05, 0) is 49.7 Å². The summed E-state index contributed by atoms with van der Waals surface area (Å²) >= 11 is 1.90. The van der Waals surface area contributed by atoms with Gasteiger partial charge in [-0.1, -0.05) is 0 Å². The van der Waals surface area contributed by atoms with Gasteiger partial charge in [0.15, 0.2) is 0 Å². The number of nitrogens with zero attached hydrogens (tertiary/aromatic N) is 1. The van der Waals surface area contributed by atoms with E-state index >= 15 is 0 Å². The smallest absolute Gasteiger partial charge is 0.279 e. The minimum atomic E-state index is -3.31. The Balaban J connectivity index is 1.92. The topological polar surface area (TPSA) is 75.4 Å². The van der Waals surface area contributed by atoms with Crippen LogP contribution in [0.15, 0.2) is 0 Å². The van der Waals surface area contributed by atoms with E-state index in [0.717, 1.165) is 37.2 Å². The van der Waals surface area contributed by atoms with Crippen LogP contribution >= 0.6 is 11.8 Å². The zero-order valence-electron chi connectivity index (χ0n) is 10.7. The van der Waals surface area contributed by atoms with Crippen LogP contribution in [0.1, 0.15) is 25.7 Å². The van der Waals surface area contributed by atoms with E-state index in [1.165, 1.54) is 0 Å². The fraction of sp³-hybridized carbons (Fsp3) is 1.00. The normalized spacial score (nSPS) is 28.4. The highest BCUT2D eigenvalue weighted by Gasteiger charge is 2.30. The molecule has 2 fully saturated rings. The van der Waals surface area contributed by atoms with Gasteiger partial charge in [-0.3, -0.25) is 0 Å². The van der Waals surface area contributed by atoms with Crippen molar-refractivity contribution in [2.24, 2.45) is 11.7 Å². The van der Waals surface area contributed by atoms with Crippen molar-refractivity contribution in [3.8, 4) is 0 Å². The summed E-state index contributed by atoms with van der Waals surface area (Å²) in [7, 11) is -3.31. The molecule has 2 rings (SSSR count). The lowest BCUT2D eigenvalue weighted by Gasteiger charge is -2.33. The molecular formula is C11H23N3O2S2. The minimum absolute atomic E-state index is 0.120. The average molecular weight is 293 g/mol. The number of hydrogen-bond acceptors (Lipinski definition) is 4. The molecule has 2 aliphatic rings. The molecule has 2 aliphatic heterocycles. The third kappa shape index (κ3) is 3.84. The molecule has 0 aliphatic carbocycles. The first kappa shape index (κ1) is 14.6. The highest BCUT2D eigenvalue weighted by Crippen LogP contribution is 2.21. The van der Waals surface area contributed by atoms with Crippen LogP contribution in [-0.2, 0) is 10.2 Å². The van der Waals surface area contributed by atoms with Crippen molar-refractivity contribution < 1.29 is 8.42 Å². The predicted molar refractivity (Wildman–Crippen MR) is 75.8 cm³/mol. The van der Waals surface area contributed by atoms with E-state index in [9.17, 15) is 8.42 Å². The predicted octanol–water partition coefficient (Wildman–Crippen LogP) is 0.387. The first-order chi connectivity index (χ1) is 8.62. The quantitative estimate of drug-likeness (QED) is 0.786. The molecule has 1 unspecified atom stereocenters. The Labute approximate surface area is 114 Å². The summed E-state index contributed by atoms with van der Waals surface area (Å²) in [6.45, 7) is 1.78. The molecule has 106 valence electrons. The van der Waals surface area contributed by atoms with Crippen LogP contribution in [0, 0.1) is 5.92 Å². The summed E-state index contributed by atoms with van der Waals surface area (Å²) in [6.07, 6.45) is 3.85. The van der Waals surface area contributed by atoms with Gasteiger partial charge < -0.3 is 5.73 Å². The Morgan fingerprint density at radius 3 is 2.67 bits per heavy atom. The lowest BCUT2D eigenvalue weighted by Crippen LogP contribution is -2.50. The fourth-order valence-electron chi connectivity index (χ4n) is 2.54. The number of piperidine rings is 1. The molecule has 0 amide bonds. The van der Waals surface area contributed by atoms with E-state index in [1.54, 1.807) is 4.31 Å².